The number of pyridine rings is 1. The summed E-state index contributed by atoms with van der Waals surface area (Å²) >= 11 is 0. The number of hydrogen-bond donors (Lipinski definition) is 1. The van der Waals surface area contributed by atoms with Gasteiger partial charge in [0.2, 0.25) is 5.43 Å². The Balaban J connectivity index is 1.91. The molecule has 0 amide bonds. The van der Waals surface area contributed by atoms with E-state index in [2.05, 4.69) is 11.8 Å². The number of carbonyl (C=O) groups is 1. The summed E-state index contributed by atoms with van der Waals surface area (Å²) in [6.07, 6.45) is 3.32. The normalized spacial score (nSPS) is 18.3. The van der Waals surface area contributed by atoms with Gasteiger partial charge in [-0.15, -0.1) is 0 Å². The Labute approximate surface area is 156 Å². The summed E-state index contributed by atoms with van der Waals surface area (Å²) in [6, 6.07) is 1.41. The minimum Gasteiger partial charge on any atom is -0.477 e. The number of nitrogens with zero attached hydrogens (tertiary/aromatic N) is 3. The van der Waals surface area contributed by atoms with E-state index in [-0.39, 0.29) is 17.0 Å². The second-order valence-electron chi connectivity index (χ2n) is 7.46. The van der Waals surface area contributed by atoms with Crippen molar-refractivity contribution in [2.24, 2.45) is 0 Å². The summed E-state index contributed by atoms with van der Waals surface area (Å²) in [6.45, 7) is 8.15. The molecule has 2 aromatic rings. The lowest BCUT2D eigenvalue weighted by atomic mass is 10.0. The summed E-state index contributed by atoms with van der Waals surface area (Å²) < 4.78 is 16.9. The quantitative estimate of drug-likeness (QED) is 0.893. The molecule has 0 spiro atoms. The van der Waals surface area contributed by atoms with Gasteiger partial charge in [0.15, 0.2) is 0 Å². The third kappa shape index (κ3) is 3.00. The van der Waals surface area contributed by atoms with Gasteiger partial charge in [-0.25, -0.2) is 9.18 Å². The third-order valence-electron chi connectivity index (χ3n) is 5.78. The second-order valence-corrected chi connectivity index (χ2v) is 7.46. The molecule has 0 radical (unpaired) electrons. The van der Waals surface area contributed by atoms with Crippen molar-refractivity contribution in [2.45, 2.75) is 32.7 Å². The largest absolute Gasteiger partial charge is 0.477 e. The zero-order valence-electron chi connectivity index (χ0n) is 15.7. The van der Waals surface area contributed by atoms with Crippen LogP contribution >= 0.6 is 0 Å². The number of rotatable bonds is 4. The summed E-state index contributed by atoms with van der Waals surface area (Å²) in [7, 11) is 0. The molecule has 1 aromatic heterocycles. The van der Waals surface area contributed by atoms with Crippen LogP contribution in [0, 0.1) is 12.7 Å². The van der Waals surface area contributed by atoms with E-state index in [9.17, 15) is 14.7 Å². The van der Waals surface area contributed by atoms with E-state index >= 15 is 4.39 Å². The van der Waals surface area contributed by atoms with Gasteiger partial charge in [-0.3, -0.25) is 4.79 Å². The Morgan fingerprint density at radius 2 is 1.93 bits per heavy atom. The molecule has 1 aromatic carbocycles. The van der Waals surface area contributed by atoms with Crippen molar-refractivity contribution in [1.82, 2.24) is 9.47 Å². The van der Waals surface area contributed by atoms with E-state index < -0.39 is 17.2 Å². The molecule has 1 saturated heterocycles. The maximum atomic E-state index is 15.1. The van der Waals surface area contributed by atoms with Crippen LogP contribution in [0.25, 0.3) is 10.9 Å². The number of fused-ring (bicyclic) bond motifs is 1. The first-order chi connectivity index (χ1) is 12.9. The second kappa shape index (κ2) is 6.64. The minimum atomic E-state index is -1.27. The van der Waals surface area contributed by atoms with Crippen molar-refractivity contribution in [2.75, 3.05) is 37.6 Å². The zero-order chi connectivity index (χ0) is 19.3. The smallest absolute Gasteiger partial charge is 0.341 e. The average Bonchev–Trinajstić information content (AvgIpc) is 3.48. The van der Waals surface area contributed by atoms with Crippen LogP contribution in [0.5, 0.6) is 0 Å². The number of likely N-dealkylation sites (N-methyl/N-ethyl adjacent to an activating group) is 1. The van der Waals surface area contributed by atoms with Gasteiger partial charge in [0, 0.05) is 43.8 Å². The lowest BCUT2D eigenvalue weighted by Crippen LogP contribution is -2.46. The molecule has 2 fully saturated rings. The Hall–Kier alpha value is -2.41. The highest BCUT2D eigenvalue weighted by Crippen LogP contribution is 2.40. The number of carboxylic acid groups (broad SMARTS) is 1. The molecule has 1 aliphatic carbocycles. The summed E-state index contributed by atoms with van der Waals surface area (Å²) in [5.41, 5.74) is 1.02. The number of aromatic carboxylic acids is 1. The highest BCUT2D eigenvalue weighted by molar-refractivity contribution is 5.95. The summed E-state index contributed by atoms with van der Waals surface area (Å²) in [5, 5.41) is 9.54. The molecular formula is C20H24FN3O3. The lowest BCUT2D eigenvalue weighted by molar-refractivity contribution is 0.0695. The number of benzene rings is 1. The fourth-order valence-electron chi connectivity index (χ4n) is 4.14. The van der Waals surface area contributed by atoms with Crippen LogP contribution in [0.4, 0.5) is 10.1 Å². The van der Waals surface area contributed by atoms with Crippen LogP contribution in [-0.4, -0.2) is 53.3 Å². The highest BCUT2D eigenvalue weighted by atomic mass is 19.1. The Morgan fingerprint density at radius 3 is 2.48 bits per heavy atom. The van der Waals surface area contributed by atoms with E-state index in [1.165, 1.54) is 12.3 Å². The maximum Gasteiger partial charge on any atom is 0.341 e. The SMILES string of the molecule is CCN1CCN(c2c(F)cc3c(=O)c(C(=O)O)cn(C4CC4)c3c2C)CC1. The van der Waals surface area contributed by atoms with E-state index in [1.54, 1.807) is 0 Å². The van der Waals surface area contributed by atoms with Crippen LogP contribution in [0.2, 0.25) is 0 Å². The van der Waals surface area contributed by atoms with Gasteiger partial charge in [0.25, 0.3) is 0 Å². The van der Waals surface area contributed by atoms with Crippen molar-refractivity contribution >= 4 is 22.6 Å². The van der Waals surface area contributed by atoms with Crippen molar-refractivity contribution in [3.05, 3.63) is 39.4 Å². The Morgan fingerprint density at radius 1 is 1.26 bits per heavy atom. The molecule has 0 atom stereocenters. The van der Waals surface area contributed by atoms with Gasteiger partial charge in [-0.2, -0.15) is 0 Å². The number of carboxylic acids is 1. The van der Waals surface area contributed by atoms with Crippen LogP contribution in [0.1, 0.15) is 41.7 Å². The van der Waals surface area contributed by atoms with Gasteiger partial charge >= 0.3 is 5.97 Å². The Kier molecular flexibility index (Phi) is 4.42. The lowest BCUT2D eigenvalue weighted by Gasteiger charge is -2.36. The number of anilines is 1. The van der Waals surface area contributed by atoms with Crippen LogP contribution < -0.4 is 10.3 Å². The van der Waals surface area contributed by atoms with Gasteiger partial charge < -0.3 is 19.5 Å². The molecule has 1 N–H and O–H groups in total. The van der Waals surface area contributed by atoms with E-state index in [0.717, 1.165) is 51.1 Å². The van der Waals surface area contributed by atoms with Crippen molar-refractivity contribution in [1.29, 1.82) is 0 Å². The molecule has 6 nitrogen and oxygen atoms in total. The molecule has 144 valence electrons. The molecule has 7 heteroatoms. The zero-order valence-corrected chi connectivity index (χ0v) is 15.7. The van der Waals surface area contributed by atoms with Gasteiger partial charge in [-0.05, 0) is 37.9 Å². The molecular weight excluding hydrogens is 349 g/mol. The molecule has 2 heterocycles. The molecule has 0 bridgehead atoms. The highest BCUT2D eigenvalue weighted by Gasteiger charge is 2.30. The first-order valence-electron chi connectivity index (χ1n) is 9.51. The number of piperazine rings is 1. The predicted molar refractivity (Wildman–Crippen MR) is 102 cm³/mol. The number of aromatic nitrogens is 1. The molecule has 1 saturated carbocycles. The molecule has 1 aliphatic heterocycles. The maximum absolute atomic E-state index is 15.1. The summed E-state index contributed by atoms with van der Waals surface area (Å²) in [5.74, 6) is -1.72. The van der Waals surface area contributed by atoms with E-state index in [4.69, 9.17) is 0 Å². The monoisotopic (exact) mass is 373 g/mol. The van der Waals surface area contributed by atoms with E-state index in [1.807, 2.05) is 16.4 Å². The number of hydrogen-bond acceptors (Lipinski definition) is 4. The predicted octanol–water partition coefficient (Wildman–Crippen LogP) is 2.62. The van der Waals surface area contributed by atoms with Crippen molar-refractivity contribution in [3.8, 4) is 0 Å². The third-order valence-corrected chi connectivity index (χ3v) is 5.78. The topological polar surface area (TPSA) is 65.8 Å². The first-order valence-corrected chi connectivity index (χ1v) is 9.51. The van der Waals surface area contributed by atoms with Crippen LogP contribution in [0.3, 0.4) is 0 Å². The van der Waals surface area contributed by atoms with Gasteiger partial charge in [0.1, 0.15) is 11.4 Å². The molecule has 4 rings (SSSR count). The fraction of sp³-hybridized carbons (Fsp3) is 0.500. The van der Waals surface area contributed by atoms with E-state index in [0.29, 0.717) is 11.2 Å². The van der Waals surface area contributed by atoms with Gasteiger partial charge in [-0.1, -0.05) is 6.92 Å². The van der Waals surface area contributed by atoms with Crippen molar-refractivity contribution < 1.29 is 14.3 Å². The fourth-order valence-corrected chi connectivity index (χ4v) is 4.14. The van der Waals surface area contributed by atoms with Crippen LogP contribution in [-0.2, 0) is 0 Å². The average molecular weight is 373 g/mol. The standard InChI is InChI=1S/C20H24FN3O3/c1-3-22-6-8-23(9-7-22)18-12(2)17-14(10-16(18)21)19(25)15(20(26)27)11-24(17)13-4-5-13/h10-11,13H,3-9H2,1-2H3,(H,26,27). The first kappa shape index (κ1) is 18.0. The van der Waals surface area contributed by atoms with Crippen LogP contribution in [0.15, 0.2) is 17.1 Å². The molecule has 0 unspecified atom stereocenters. The number of aryl methyl sites for hydroxylation is 1. The molecule has 27 heavy (non-hydrogen) atoms. The number of halogens is 1. The van der Waals surface area contributed by atoms with Gasteiger partial charge in [0.05, 0.1) is 11.2 Å². The summed E-state index contributed by atoms with van der Waals surface area (Å²) in [4.78, 5) is 28.5. The van der Waals surface area contributed by atoms with Crippen molar-refractivity contribution in [3.63, 3.8) is 0 Å². The Bertz CT molecular complexity index is 973. The minimum absolute atomic E-state index is 0.160. The molecule has 2 aliphatic rings.